The average molecular weight is 453 g/mol. The number of carbonyl (C=O) groups is 4. The van der Waals surface area contributed by atoms with E-state index in [9.17, 15) is 19.2 Å². The van der Waals surface area contributed by atoms with E-state index in [4.69, 9.17) is 5.11 Å². The number of rotatable bonds is 15. The minimum absolute atomic E-state index is 0.151. The molecule has 0 rings (SSSR count). The first kappa shape index (κ1) is 27.8. The van der Waals surface area contributed by atoms with Crippen molar-refractivity contribution in [1.29, 1.82) is 0 Å². The van der Waals surface area contributed by atoms with Crippen LogP contribution in [0.3, 0.4) is 0 Å². The van der Waals surface area contributed by atoms with Crippen molar-refractivity contribution in [2.45, 2.75) is 77.0 Å². The van der Waals surface area contributed by atoms with Gasteiger partial charge in [-0.2, -0.15) is 0 Å². The van der Waals surface area contributed by atoms with E-state index in [0.29, 0.717) is 31.0 Å². The van der Waals surface area contributed by atoms with Crippen molar-refractivity contribution in [2.75, 3.05) is 19.5 Å². The number of hydrogen-bond acceptors (Lipinski definition) is 6. The number of aliphatic carboxylic acids is 1. The molecule has 0 aliphatic carbocycles. The molecule has 0 unspecified atom stereocenters. The van der Waals surface area contributed by atoms with Crippen LogP contribution in [-0.4, -0.2) is 48.3 Å². The zero-order chi connectivity index (χ0) is 20.9. The number of methoxy groups -OCH3 is 2. The zero-order valence-electron chi connectivity index (χ0n) is 16.5. The molecule has 0 radical (unpaired) electrons. The minimum atomic E-state index is -0.757. The molecular weight excluding hydrogens is 420 g/mol. The highest BCUT2D eigenvalue weighted by Gasteiger charge is 2.01. The maximum absolute atomic E-state index is 10.9. The van der Waals surface area contributed by atoms with Gasteiger partial charge < -0.3 is 14.6 Å². The lowest BCUT2D eigenvalue weighted by atomic mass is 10.1. The number of ketones is 1. The topological polar surface area (TPSA) is 107 Å². The Labute approximate surface area is 170 Å². The van der Waals surface area contributed by atoms with Crippen LogP contribution in [0.5, 0.6) is 0 Å². The van der Waals surface area contributed by atoms with Crippen molar-refractivity contribution < 1.29 is 33.8 Å². The number of carboxylic acids is 1. The SMILES string of the molecule is COC(=O)CCCCCCC(=O)CBr.COC(=O)CCCCCCC(=O)O. The van der Waals surface area contributed by atoms with Crippen molar-refractivity contribution in [2.24, 2.45) is 0 Å². The van der Waals surface area contributed by atoms with Gasteiger partial charge in [0, 0.05) is 25.7 Å². The summed E-state index contributed by atoms with van der Waals surface area (Å²) in [6.07, 6.45) is 8.80. The van der Waals surface area contributed by atoms with Gasteiger partial charge in [-0.05, 0) is 25.7 Å². The Morgan fingerprint density at radius 1 is 0.667 bits per heavy atom. The number of unbranched alkanes of at least 4 members (excludes halogenated alkanes) is 6. The molecule has 0 bridgehead atoms. The summed E-state index contributed by atoms with van der Waals surface area (Å²) in [5.41, 5.74) is 0. The summed E-state index contributed by atoms with van der Waals surface area (Å²) in [7, 11) is 2.77. The van der Waals surface area contributed by atoms with Gasteiger partial charge in [0.2, 0.25) is 0 Å². The molecule has 0 amide bonds. The van der Waals surface area contributed by atoms with Crippen LogP contribution in [0.1, 0.15) is 77.0 Å². The van der Waals surface area contributed by atoms with Crippen LogP contribution >= 0.6 is 15.9 Å². The van der Waals surface area contributed by atoms with E-state index in [0.717, 1.165) is 44.9 Å². The van der Waals surface area contributed by atoms with Gasteiger partial charge in [-0.1, -0.05) is 41.6 Å². The van der Waals surface area contributed by atoms with E-state index < -0.39 is 5.97 Å². The van der Waals surface area contributed by atoms with Crippen molar-refractivity contribution in [1.82, 2.24) is 0 Å². The Morgan fingerprint density at radius 2 is 1.04 bits per heavy atom. The molecular formula is C19H33BrO7. The van der Waals surface area contributed by atoms with Crippen molar-refractivity contribution >= 4 is 39.6 Å². The molecule has 0 aromatic rings. The number of esters is 2. The first-order chi connectivity index (χ1) is 12.9. The van der Waals surface area contributed by atoms with E-state index in [1.54, 1.807) is 0 Å². The van der Waals surface area contributed by atoms with Gasteiger partial charge >= 0.3 is 17.9 Å². The molecule has 8 heteroatoms. The summed E-state index contributed by atoms with van der Waals surface area (Å²) in [5.74, 6) is -0.856. The molecule has 158 valence electrons. The molecule has 0 spiro atoms. The van der Waals surface area contributed by atoms with E-state index in [2.05, 4.69) is 25.4 Å². The van der Waals surface area contributed by atoms with Gasteiger partial charge in [0.1, 0.15) is 5.78 Å². The quantitative estimate of drug-likeness (QED) is 0.226. The number of hydrogen-bond donors (Lipinski definition) is 1. The molecule has 0 saturated carbocycles. The third-order valence-electron chi connectivity index (χ3n) is 3.71. The number of carboxylic acid groups (broad SMARTS) is 1. The van der Waals surface area contributed by atoms with Gasteiger partial charge in [-0.3, -0.25) is 19.2 Å². The van der Waals surface area contributed by atoms with Crippen LogP contribution in [0.15, 0.2) is 0 Å². The molecule has 0 aliphatic rings. The normalized spacial score (nSPS) is 9.74. The predicted molar refractivity (Wildman–Crippen MR) is 106 cm³/mol. The summed E-state index contributed by atoms with van der Waals surface area (Å²) >= 11 is 3.12. The zero-order valence-corrected chi connectivity index (χ0v) is 18.1. The molecule has 0 aromatic carbocycles. The lowest BCUT2D eigenvalue weighted by molar-refractivity contribution is -0.141. The lowest BCUT2D eigenvalue weighted by Crippen LogP contribution is -2.00. The Balaban J connectivity index is 0. The van der Waals surface area contributed by atoms with Crippen molar-refractivity contribution in [3.63, 3.8) is 0 Å². The van der Waals surface area contributed by atoms with E-state index >= 15 is 0 Å². The first-order valence-corrected chi connectivity index (χ1v) is 10.4. The van der Waals surface area contributed by atoms with Crippen LogP contribution in [0.2, 0.25) is 0 Å². The number of Topliss-reactive ketones (excluding diaryl/α,β-unsaturated/α-hetero) is 1. The van der Waals surface area contributed by atoms with Gasteiger partial charge in [-0.15, -0.1) is 0 Å². The highest BCUT2D eigenvalue weighted by molar-refractivity contribution is 9.09. The van der Waals surface area contributed by atoms with Crippen molar-refractivity contribution in [3.05, 3.63) is 0 Å². The van der Waals surface area contributed by atoms with Crippen molar-refractivity contribution in [3.8, 4) is 0 Å². The maximum Gasteiger partial charge on any atom is 0.305 e. The van der Waals surface area contributed by atoms with Crippen LogP contribution in [0.25, 0.3) is 0 Å². The van der Waals surface area contributed by atoms with Gasteiger partial charge in [0.15, 0.2) is 0 Å². The first-order valence-electron chi connectivity index (χ1n) is 9.30. The summed E-state index contributed by atoms with van der Waals surface area (Å²) in [4.78, 5) is 42.3. The van der Waals surface area contributed by atoms with E-state index in [1.807, 2.05) is 0 Å². The standard InChI is InChI=1S/C10H17BrO3.C9H16O4/c1-14-10(13)7-5-3-2-4-6-9(12)8-11;1-13-9(12)7-5-3-2-4-6-8(10)11/h2-8H2,1H3;2-7H2,1H3,(H,10,11). The highest BCUT2D eigenvalue weighted by atomic mass is 79.9. The molecule has 0 saturated heterocycles. The van der Waals surface area contributed by atoms with Gasteiger partial charge in [0.05, 0.1) is 19.5 Å². The Kier molecular flexibility index (Phi) is 21.5. The van der Waals surface area contributed by atoms with Crippen LogP contribution in [0, 0.1) is 0 Å². The molecule has 1 N–H and O–H groups in total. The van der Waals surface area contributed by atoms with Crippen LogP contribution in [0.4, 0.5) is 0 Å². The third-order valence-corrected chi connectivity index (χ3v) is 4.34. The van der Waals surface area contributed by atoms with Crippen LogP contribution < -0.4 is 0 Å². The number of halogens is 1. The fraction of sp³-hybridized carbons (Fsp3) is 0.789. The molecule has 0 atom stereocenters. The van der Waals surface area contributed by atoms with Gasteiger partial charge in [-0.25, -0.2) is 0 Å². The molecule has 0 fully saturated rings. The lowest BCUT2D eigenvalue weighted by Gasteiger charge is -1.99. The smallest absolute Gasteiger partial charge is 0.305 e. The minimum Gasteiger partial charge on any atom is -0.481 e. The van der Waals surface area contributed by atoms with E-state index in [1.165, 1.54) is 14.2 Å². The van der Waals surface area contributed by atoms with Gasteiger partial charge in [0.25, 0.3) is 0 Å². The summed E-state index contributed by atoms with van der Waals surface area (Å²) in [6.45, 7) is 0. The monoisotopic (exact) mass is 452 g/mol. The maximum atomic E-state index is 10.9. The second kappa shape index (κ2) is 20.9. The van der Waals surface area contributed by atoms with E-state index in [-0.39, 0.29) is 24.1 Å². The second-order valence-electron chi connectivity index (χ2n) is 6.05. The Bertz CT molecular complexity index is 404. The highest BCUT2D eigenvalue weighted by Crippen LogP contribution is 2.07. The Hall–Kier alpha value is -1.44. The number of alkyl halides is 1. The molecule has 0 aromatic heterocycles. The number of ether oxygens (including phenoxy) is 2. The molecule has 7 nitrogen and oxygen atoms in total. The predicted octanol–water partition coefficient (Wildman–Crippen LogP) is 4.05. The molecule has 27 heavy (non-hydrogen) atoms. The Morgan fingerprint density at radius 3 is 1.37 bits per heavy atom. The largest absolute Gasteiger partial charge is 0.481 e. The third kappa shape index (κ3) is 24.6. The number of carbonyl (C=O) groups excluding carboxylic acids is 3. The fourth-order valence-electron chi connectivity index (χ4n) is 2.12. The summed E-state index contributed by atoms with van der Waals surface area (Å²) in [6, 6.07) is 0. The summed E-state index contributed by atoms with van der Waals surface area (Å²) < 4.78 is 8.98. The molecule has 0 heterocycles. The summed E-state index contributed by atoms with van der Waals surface area (Å²) in [5, 5.41) is 8.78. The average Bonchev–Trinajstić information content (AvgIpc) is 2.66. The van der Waals surface area contributed by atoms with Crippen LogP contribution in [-0.2, 0) is 28.7 Å². The fourth-order valence-corrected chi connectivity index (χ4v) is 2.40. The second-order valence-corrected chi connectivity index (χ2v) is 6.61. The molecule has 0 aliphatic heterocycles.